The van der Waals surface area contributed by atoms with Crippen LogP contribution in [-0.2, 0) is 63.2 Å². The van der Waals surface area contributed by atoms with E-state index in [-0.39, 0.29) is 26.4 Å². The predicted molar refractivity (Wildman–Crippen MR) is 190 cm³/mol. The number of carbonyl (C=O) groups is 1. The lowest BCUT2D eigenvalue weighted by atomic mass is 9.99. The summed E-state index contributed by atoms with van der Waals surface area (Å²) in [5.41, 5.74) is -1.29. The molecule has 0 spiro atoms. The molecule has 0 aromatic heterocycles. The van der Waals surface area contributed by atoms with Gasteiger partial charge in [-0.3, -0.25) is 19.2 Å². The number of carbonyl (C=O) groups excluding carboxylic acids is 1. The Hall–Kier alpha value is -3.95. The van der Waals surface area contributed by atoms with Gasteiger partial charge in [-0.05, 0) is 43.0 Å². The summed E-state index contributed by atoms with van der Waals surface area (Å²) < 4.78 is 60.6. The van der Waals surface area contributed by atoms with Crippen LogP contribution in [-0.4, -0.2) is 27.4 Å². The molecule has 0 radical (unpaired) electrons. The molecule has 1 atom stereocenters. The highest BCUT2D eigenvalue weighted by molar-refractivity contribution is 7.72. The molecule has 11 nitrogen and oxygen atoms in total. The molecule has 266 valence electrons. The monoisotopic (exact) mass is 723 g/mol. The van der Waals surface area contributed by atoms with E-state index in [1.165, 1.54) is 0 Å². The second kappa shape index (κ2) is 17.3. The van der Waals surface area contributed by atoms with Crippen molar-refractivity contribution in [3.8, 4) is 0 Å². The Bertz CT molecular complexity index is 1570. The molecule has 0 N–H and O–H groups in total. The van der Waals surface area contributed by atoms with Gasteiger partial charge in [0.25, 0.3) is 0 Å². The summed E-state index contributed by atoms with van der Waals surface area (Å²) in [4.78, 5) is 25.6. The van der Waals surface area contributed by atoms with Gasteiger partial charge in [0.1, 0.15) is 5.60 Å². The van der Waals surface area contributed by atoms with E-state index < -0.39 is 49.0 Å². The van der Waals surface area contributed by atoms with Crippen molar-refractivity contribution in [3.05, 3.63) is 154 Å². The molecule has 0 aliphatic heterocycles. The van der Waals surface area contributed by atoms with E-state index in [2.05, 4.69) is 0 Å². The van der Waals surface area contributed by atoms with Crippen molar-refractivity contribution in [2.75, 3.05) is 0 Å². The second-order valence-corrected chi connectivity index (χ2v) is 17.7. The van der Waals surface area contributed by atoms with E-state index in [0.29, 0.717) is 22.3 Å². The van der Waals surface area contributed by atoms with Gasteiger partial charge in [0.05, 0.1) is 32.8 Å². The molecule has 4 aromatic rings. The molecule has 0 saturated carbocycles. The first kappa shape index (κ1) is 38.8. The van der Waals surface area contributed by atoms with Crippen molar-refractivity contribution in [2.24, 2.45) is 0 Å². The van der Waals surface area contributed by atoms with Gasteiger partial charge in [0, 0.05) is 11.8 Å². The predicted octanol–water partition coefficient (Wildman–Crippen LogP) is 9.33. The molecule has 0 unspecified atom stereocenters. The van der Waals surface area contributed by atoms with Crippen LogP contribution in [0.3, 0.4) is 0 Å². The van der Waals surface area contributed by atoms with E-state index in [1.807, 2.05) is 0 Å². The average Bonchev–Trinajstić information content (AvgIpc) is 3.11. The van der Waals surface area contributed by atoms with Crippen LogP contribution in [0.5, 0.6) is 0 Å². The number of esters is 1. The van der Waals surface area contributed by atoms with Crippen LogP contribution in [0.1, 0.15) is 56.4 Å². The SMILES string of the molecule is CC(C)(C)OC(=O)[C@@](C)(CC(P(=O)(OCc1ccccc1)OCc1ccccc1)P(=O)(OCc1ccccc1)OCc1ccccc1)[N+](=O)[O-]. The number of rotatable bonds is 18. The van der Waals surface area contributed by atoms with Gasteiger partial charge in [0.2, 0.25) is 0 Å². The number of nitro groups is 1. The van der Waals surface area contributed by atoms with Crippen LogP contribution in [0, 0.1) is 10.1 Å². The third kappa shape index (κ3) is 11.0. The Balaban J connectivity index is 1.87. The summed E-state index contributed by atoms with van der Waals surface area (Å²) in [6, 6.07) is 35.1. The Kier molecular flexibility index (Phi) is 13.5. The zero-order valence-electron chi connectivity index (χ0n) is 28.6. The zero-order chi connectivity index (χ0) is 36.3. The molecule has 0 amide bonds. The fraction of sp³-hybridized carbons (Fsp3) is 0.324. The number of nitrogens with zero attached hydrogens (tertiary/aromatic N) is 1. The Morgan fingerprint density at radius 3 is 1.12 bits per heavy atom. The number of hydrogen-bond acceptors (Lipinski definition) is 10. The molecule has 4 rings (SSSR count). The van der Waals surface area contributed by atoms with Gasteiger partial charge >= 0.3 is 26.7 Å². The van der Waals surface area contributed by atoms with E-state index in [1.54, 1.807) is 142 Å². The van der Waals surface area contributed by atoms with E-state index in [9.17, 15) is 14.9 Å². The van der Waals surface area contributed by atoms with Crippen LogP contribution >= 0.6 is 15.2 Å². The Morgan fingerprint density at radius 2 is 0.880 bits per heavy atom. The lowest BCUT2D eigenvalue weighted by molar-refractivity contribution is -0.552. The smallest absolute Gasteiger partial charge is 0.385 e. The summed E-state index contributed by atoms with van der Waals surface area (Å²) in [7, 11) is -9.55. The largest absolute Gasteiger partial charge is 0.455 e. The molecule has 0 aliphatic carbocycles. The quantitative estimate of drug-likeness (QED) is 0.0422. The van der Waals surface area contributed by atoms with Crippen molar-refractivity contribution < 1.29 is 41.7 Å². The molecule has 0 fully saturated rings. The summed E-state index contributed by atoms with van der Waals surface area (Å²) in [6.07, 6.45) is -0.934. The highest BCUT2D eigenvalue weighted by Gasteiger charge is 2.61. The number of benzene rings is 4. The maximum absolute atomic E-state index is 15.4. The molecule has 0 bridgehead atoms. The summed E-state index contributed by atoms with van der Waals surface area (Å²) in [6.45, 7) is 4.63. The van der Waals surface area contributed by atoms with Gasteiger partial charge < -0.3 is 22.8 Å². The summed E-state index contributed by atoms with van der Waals surface area (Å²) in [5, 5.41) is 10.9. The van der Waals surface area contributed by atoms with Crippen LogP contribution in [0.2, 0.25) is 0 Å². The van der Waals surface area contributed by atoms with Crippen molar-refractivity contribution in [1.82, 2.24) is 0 Å². The highest BCUT2D eigenvalue weighted by Crippen LogP contribution is 2.73. The van der Waals surface area contributed by atoms with Crippen LogP contribution < -0.4 is 0 Å². The van der Waals surface area contributed by atoms with Gasteiger partial charge in [-0.2, -0.15) is 0 Å². The molecular formula is C37H43NO10P2. The molecule has 4 aromatic carbocycles. The zero-order valence-corrected chi connectivity index (χ0v) is 30.4. The summed E-state index contributed by atoms with van der Waals surface area (Å²) >= 11 is 0. The minimum atomic E-state index is -4.78. The first-order chi connectivity index (χ1) is 23.7. The van der Waals surface area contributed by atoms with Crippen LogP contribution in [0.4, 0.5) is 0 Å². The maximum Gasteiger partial charge on any atom is 0.385 e. The van der Waals surface area contributed by atoms with E-state index in [0.717, 1.165) is 6.92 Å². The molecule has 0 saturated heterocycles. The Labute approximate surface area is 293 Å². The fourth-order valence-electron chi connectivity index (χ4n) is 4.75. The van der Waals surface area contributed by atoms with Crippen LogP contribution in [0.15, 0.2) is 121 Å². The minimum absolute atomic E-state index is 0.275. The molecule has 0 heterocycles. The molecule has 0 aliphatic rings. The van der Waals surface area contributed by atoms with Crippen molar-refractivity contribution in [2.45, 2.75) is 77.1 Å². The third-order valence-corrected chi connectivity index (χ3v) is 13.0. The first-order valence-electron chi connectivity index (χ1n) is 16.0. The molecule has 13 heteroatoms. The molecular weight excluding hydrogens is 680 g/mol. The van der Waals surface area contributed by atoms with Crippen LogP contribution in [0.25, 0.3) is 0 Å². The summed E-state index contributed by atoms with van der Waals surface area (Å²) in [5.74, 6) is -1.23. The van der Waals surface area contributed by atoms with Crippen molar-refractivity contribution in [3.63, 3.8) is 0 Å². The minimum Gasteiger partial charge on any atom is -0.455 e. The third-order valence-electron chi connectivity index (χ3n) is 7.57. The average molecular weight is 724 g/mol. The fourth-order valence-corrected chi connectivity index (χ4v) is 10.2. The second-order valence-electron chi connectivity index (χ2n) is 12.8. The molecule has 50 heavy (non-hydrogen) atoms. The Morgan fingerprint density at radius 1 is 0.600 bits per heavy atom. The standard InChI is InChI=1S/C37H43NO10P2/c1-36(2,3)48-35(39)37(4,38(40)41)25-34(49(42,44-26-30-17-9-5-10-18-30)45-27-31-19-11-6-12-20-31)50(43,46-28-32-21-13-7-14-22-32)47-29-33-23-15-8-16-24-33/h5-24,34H,25-29H2,1-4H3/t37-/m1/s1. The van der Waals surface area contributed by atoms with Crippen molar-refractivity contribution in [1.29, 1.82) is 0 Å². The number of hydrogen-bond donors (Lipinski definition) is 0. The highest BCUT2D eigenvalue weighted by atomic mass is 31.2. The lowest BCUT2D eigenvalue weighted by Crippen LogP contribution is -2.49. The topological polar surface area (TPSA) is 141 Å². The normalized spacial score (nSPS) is 13.5. The maximum atomic E-state index is 15.4. The van der Waals surface area contributed by atoms with E-state index in [4.69, 9.17) is 22.8 Å². The lowest BCUT2D eigenvalue weighted by Gasteiger charge is -2.35. The van der Waals surface area contributed by atoms with Crippen molar-refractivity contribution >= 4 is 21.2 Å². The van der Waals surface area contributed by atoms with Gasteiger partial charge in [-0.25, -0.2) is 4.79 Å². The number of ether oxygens (including phenoxy) is 1. The van der Waals surface area contributed by atoms with Gasteiger partial charge in [-0.1, -0.05) is 121 Å². The van der Waals surface area contributed by atoms with E-state index >= 15 is 9.13 Å². The van der Waals surface area contributed by atoms with Gasteiger partial charge in [-0.15, -0.1) is 0 Å². The first-order valence-corrected chi connectivity index (χ1v) is 19.3. The van der Waals surface area contributed by atoms with Gasteiger partial charge in [0.15, 0.2) is 5.40 Å².